The van der Waals surface area contributed by atoms with Crippen LogP contribution in [0.15, 0.2) is 59.0 Å². The Morgan fingerprint density at radius 2 is 1.71 bits per heavy atom. The van der Waals surface area contributed by atoms with E-state index in [2.05, 4.69) is 22.5 Å². The Balaban J connectivity index is 1.35. The van der Waals surface area contributed by atoms with E-state index in [1.54, 1.807) is 12.1 Å². The van der Waals surface area contributed by atoms with Crippen molar-refractivity contribution in [2.75, 3.05) is 36.5 Å². The number of anilines is 2. The van der Waals surface area contributed by atoms with Gasteiger partial charge in [-0.25, -0.2) is 0 Å². The summed E-state index contributed by atoms with van der Waals surface area (Å²) in [6, 6.07) is 17.4. The van der Waals surface area contributed by atoms with Crippen molar-refractivity contribution >= 4 is 34.6 Å². The fourth-order valence-electron chi connectivity index (χ4n) is 3.41. The number of ether oxygens (including phenoxy) is 1. The lowest BCUT2D eigenvalue weighted by atomic mass is 10.1. The third-order valence-corrected chi connectivity index (χ3v) is 5.55. The van der Waals surface area contributed by atoms with Gasteiger partial charge >= 0.3 is 0 Å². The second-order valence-electron chi connectivity index (χ2n) is 7.52. The van der Waals surface area contributed by atoms with E-state index < -0.39 is 5.91 Å². The number of carbonyl (C=O) groups excluding carboxylic acids is 1. The number of rotatable bonds is 4. The van der Waals surface area contributed by atoms with E-state index in [9.17, 15) is 4.79 Å². The van der Waals surface area contributed by atoms with Gasteiger partial charge in [-0.2, -0.15) is 0 Å². The fourth-order valence-corrected chi connectivity index (χ4v) is 3.62. The number of hydrogen-bond acceptors (Lipinski definition) is 5. The SMILES string of the molecule is Cc1ccc(-c2ccc(C(=O)NC(=S)Nc3ccc(N4CCOCC4)cc3)o2)cc1C. The first-order chi connectivity index (χ1) is 15.0. The highest BCUT2D eigenvalue weighted by Crippen LogP contribution is 2.24. The molecule has 0 radical (unpaired) electrons. The molecule has 0 unspecified atom stereocenters. The summed E-state index contributed by atoms with van der Waals surface area (Å²) in [7, 11) is 0. The molecule has 2 heterocycles. The van der Waals surface area contributed by atoms with Crippen LogP contribution < -0.4 is 15.5 Å². The number of nitrogens with one attached hydrogen (secondary N) is 2. The Hall–Kier alpha value is -3.16. The molecule has 1 amide bonds. The standard InChI is InChI=1S/C24H25N3O3S/c1-16-3-4-18(15-17(16)2)21-9-10-22(30-21)23(28)26-24(31)25-19-5-7-20(8-6-19)27-11-13-29-14-12-27/h3-10,15H,11-14H2,1-2H3,(H2,25,26,28,31). The quantitative estimate of drug-likeness (QED) is 0.587. The molecule has 7 heteroatoms. The van der Waals surface area contributed by atoms with E-state index in [-0.39, 0.29) is 10.9 Å². The van der Waals surface area contributed by atoms with Crippen LogP contribution in [0.4, 0.5) is 11.4 Å². The summed E-state index contributed by atoms with van der Waals surface area (Å²) in [5.41, 5.74) is 5.26. The summed E-state index contributed by atoms with van der Waals surface area (Å²) in [5.74, 6) is 0.461. The normalized spacial score (nSPS) is 13.7. The van der Waals surface area contributed by atoms with E-state index >= 15 is 0 Å². The van der Waals surface area contributed by atoms with Crippen molar-refractivity contribution in [3.05, 3.63) is 71.5 Å². The summed E-state index contributed by atoms with van der Waals surface area (Å²) >= 11 is 5.29. The molecule has 0 bridgehead atoms. The zero-order valence-electron chi connectivity index (χ0n) is 17.6. The van der Waals surface area contributed by atoms with Gasteiger partial charge in [0.1, 0.15) is 5.76 Å². The van der Waals surface area contributed by atoms with Gasteiger partial charge in [0.25, 0.3) is 5.91 Å². The number of hydrogen-bond donors (Lipinski definition) is 2. The Labute approximate surface area is 187 Å². The predicted molar refractivity (Wildman–Crippen MR) is 127 cm³/mol. The van der Waals surface area contributed by atoms with Crippen LogP contribution >= 0.6 is 12.2 Å². The average Bonchev–Trinajstić information content (AvgIpc) is 3.27. The summed E-state index contributed by atoms with van der Waals surface area (Å²) < 4.78 is 11.1. The summed E-state index contributed by atoms with van der Waals surface area (Å²) in [4.78, 5) is 14.8. The van der Waals surface area contributed by atoms with E-state index in [1.807, 2.05) is 49.4 Å². The molecular weight excluding hydrogens is 410 g/mol. The van der Waals surface area contributed by atoms with Crippen molar-refractivity contribution in [3.8, 4) is 11.3 Å². The maximum atomic E-state index is 12.5. The van der Waals surface area contributed by atoms with Gasteiger partial charge in [-0.15, -0.1) is 0 Å². The molecule has 1 fully saturated rings. The molecule has 1 aliphatic heterocycles. The molecule has 6 nitrogen and oxygen atoms in total. The molecule has 2 aromatic carbocycles. The average molecular weight is 436 g/mol. The first-order valence-corrected chi connectivity index (χ1v) is 10.6. The Bertz CT molecular complexity index is 1090. The third kappa shape index (κ3) is 5.13. The number of thiocarbonyl (C=S) groups is 1. The monoisotopic (exact) mass is 435 g/mol. The van der Waals surface area contributed by atoms with Crippen LogP contribution in [0.1, 0.15) is 21.7 Å². The highest BCUT2D eigenvalue weighted by molar-refractivity contribution is 7.80. The van der Waals surface area contributed by atoms with Gasteiger partial charge < -0.3 is 19.4 Å². The van der Waals surface area contributed by atoms with Gasteiger partial charge in [-0.3, -0.25) is 10.1 Å². The van der Waals surface area contributed by atoms with Crippen LogP contribution in [0.2, 0.25) is 0 Å². The third-order valence-electron chi connectivity index (χ3n) is 5.35. The highest BCUT2D eigenvalue weighted by Gasteiger charge is 2.15. The van der Waals surface area contributed by atoms with Crippen molar-refractivity contribution in [1.82, 2.24) is 5.32 Å². The van der Waals surface area contributed by atoms with Crippen LogP contribution in [0.25, 0.3) is 11.3 Å². The molecule has 0 saturated carbocycles. The molecule has 0 spiro atoms. The number of nitrogens with zero attached hydrogens (tertiary/aromatic N) is 1. The van der Waals surface area contributed by atoms with Gasteiger partial charge in [0.05, 0.1) is 13.2 Å². The molecule has 160 valence electrons. The van der Waals surface area contributed by atoms with E-state index in [1.165, 1.54) is 11.1 Å². The zero-order chi connectivity index (χ0) is 21.8. The maximum absolute atomic E-state index is 12.5. The van der Waals surface area contributed by atoms with Crippen LogP contribution in [-0.4, -0.2) is 37.3 Å². The largest absolute Gasteiger partial charge is 0.451 e. The zero-order valence-corrected chi connectivity index (χ0v) is 18.4. The molecule has 1 saturated heterocycles. The maximum Gasteiger partial charge on any atom is 0.293 e. The van der Waals surface area contributed by atoms with Crippen LogP contribution in [0, 0.1) is 13.8 Å². The van der Waals surface area contributed by atoms with Crippen LogP contribution in [0.3, 0.4) is 0 Å². The number of amides is 1. The molecule has 4 rings (SSSR count). The van der Waals surface area contributed by atoms with Crippen molar-refractivity contribution in [1.29, 1.82) is 0 Å². The van der Waals surface area contributed by atoms with Gasteiger partial charge in [-0.1, -0.05) is 12.1 Å². The number of carbonyl (C=O) groups is 1. The van der Waals surface area contributed by atoms with Crippen LogP contribution in [-0.2, 0) is 4.74 Å². The lowest BCUT2D eigenvalue weighted by molar-refractivity contribution is 0.0951. The van der Waals surface area contributed by atoms with Gasteiger partial charge in [0.2, 0.25) is 0 Å². The summed E-state index contributed by atoms with van der Waals surface area (Å²) in [5, 5.41) is 5.92. The number of aryl methyl sites for hydroxylation is 2. The molecular formula is C24H25N3O3S. The first-order valence-electron chi connectivity index (χ1n) is 10.2. The Morgan fingerprint density at radius 3 is 2.42 bits per heavy atom. The smallest absolute Gasteiger partial charge is 0.293 e. The molecule has 3 aromatic rings. The fraction of sp³-hybridized carbons (Fsp3) is 0.250. The number of benzene rings is 2. The molecule has 0 aliphatic carbocycles. The highest BCUT2D eigenvalue weighted by atomic mass is 32.1. The van der Waals surface area contributed by atoms with E-state index in [4.69, 9.17) is 21.4 Å². The minimum Gasteiger partial charge on any atom is -0.451 e. The minimum atomic E-state index is -0.391. The minimum absolute atomic E-state index is 0.208. The topological polar surface area (TPSA) is 66.7 Å². The molecule has 0 atom stereocenters. The van der Waals surface area contributed by atoms with Crippen molar-refractivity contribution in [3.63, 3.8) is 0 Å². The Kier molecular flexibility index (Phi) is 6.34. The molecule has 1 aromatic heterocycles. The molecule has 31 heavy (non-hydrogen) atoms. The predicted octanol–water partition coefficient (Wildman–Crippen LogP) is 4.53. The first kappa shape index (κ1) is 21.1. The van der Waals surface area contributed by atoms with Gasteiger partial charge in [0, 0.05) is 30.0 Å². The Morgan fingerprint density at radius 1 is 0.968 bits per heavy atom. The van der Waals surface area contributed by atoms with Crippen molar-refractivity contribution < 1.29 is 13.9 Å². The van der Waals surface area contributed by atoms with Crippen molar-refractivity contribution in [2.24, 2.45) is 0 Å². The lowest BCUT2D eigenvalue weighted by Crippen LogP contribution is -2.36. The van der Waals surface area contributed by atoms with E-state index in [0.29, 0.717) is 5.76 Å². The second-order valence-corrected chi connectivity index (χ2v) is 7.93. The van der Waals surface area contributed by atoms with Gasteiger partial charge in [-0.05, 0) is 79.7 Å². The van der Waals surface area contributed by atoms with Crippen LogP contribution in [0.5, 0.6) is 0 Å². The summed E-state index contributed by atoms with van der Waals surface area (Å²) in [6.45, 7) is 7.36. The van der Waals surface area contributed by atoms with E-state index in [0.717, 1.165) is 43.2 Å². The number of morpholine rings is 1. The second kappa shape index (κ2) is 9.32. The molecule has 1 aliphatic rings. The lowest BCUT2D eigenvalue weighted by Gasteiger charge is -2.28. The summed E-state index contributed by atoms with van der Waals surface area (Å²) in [6.07, 6.45) is 0. The molecule has 2 N–H and O–H groups in total. The number of furan rings is 1. The van der Waals surface area contributed by atoms with Gasteiger partial charge in [0.15, 0.2) is 10.9 Å². The van der Waals surface area contributed by atoms with Crippen molar-refractivity contribution in [2.45, 2.75) is 13.8 Å².